The second-order valence-electron chi connectivity index (χ2n) is 4.61. The van der Waals surface area contributed by atoms with Gasteiger partial charge in [0, 0.05) is 6.42 Å². The molecule has 0 atom stereocenters. The Labute approximate surface area is 118 Å². The van der Waals surface area contributed by atoms with Crippen molar-refractivity contribution < 1.29 is 13.9 Å². The van der Waals surface area contributed by atoms with Gasteiger partial charge >= 0.3 is 0 Å². The van der Waals surface area contributed by atoms with Crippen molar-refractivity contribution in [2.75, 3.05) is 7.11 Å². The zero-order valence-corrected chi connectivity index (χ0v) is 11.4. The van der Waals surface area contributed by atoms with Gasteiger partial charge in [-0.25, -0.2) is 4.39 Å². The van der Waals surface area contributed by atoms with Crippen LogP contribution in [0.1, 0.15) is 28.8 Å². The summed E-state index contributed by atoms with van der Waals surface area (Å²) < 4.78 is 18.3. The lowest BCUT2D eigenvalue weighted by Gasteiger charge is -2.07. The van der Waals surface area contributed by atoms with Gasteiger partial charge in [-0.1, -0.05) is 30.3 Å². The van der Waals surface area contributed by atoms with Gasteiger partial charge in [0.15, 0.2) is 5.78 Å². The van der Waals surface area contributed by atoms with Crippen molar-refractivity contribution in [2.45, 2.75) is 19.3 Å². The van der Waals surface area contributed by atoms with Gasteiger partial charge in [-0.2, -0.15) is 0 Å². The van der Waals surface area contributed by atoms with Gasteiger partial charge in [0.25, 0.3) is 0 Å². The molecule has 0 bridgehead atoms. The molecule has 2 aromatic carbocycles. The van der Waals surface area contributed by atoms with Crippen molar-refractivity contribution in [1.82, 2.24) is 0 Å². The second kappa shape index (κ2) is 6.85. The molecule has 20 heavy (non-hydrogen) atoms. The van der Waals surface area contributed by atoms with Gasteiger partial charge in [-0.3, -0.25) is 4.79 Å². The van der Waals surface area contributed by atoms with Gasteiger partial charge < -0.3 is 4.74 Å². The number of aryl methyl sites for hydroxylation is 1. The van der Waals surface area contributed by atoms with Crippen LogP contribution in [-0.4, -0.2) is 12.9 Å². The van der Waals surface area contributed by atoms with Crippen LogP contribution in [0.5, 0.6) is 5.75 Å². The molecule has 0 unspecified atom stereocenters. The summed E-state index contributed by atoms with van der Waals surface area (Å²) in [5, 5.41) is 0. The van der Waals surface area contributed by atoms with E-state index < -0.39 is 5.82 Å². The first-order valence-electron chi connectivity index (χ1n) is 6.61. The molecule has 0 saturated carbocycles. The molecule has 2 nitrogen and oxygen atoms in total. The lowest BCUT2D eigenvalue weighted by atomic mass is 10.0. The van der Waals surface area contributed by atoms with Crippen molar-refractivity contribution in [2.24, 2.45) is 0 Å². The molecular weight excluding hydrogens is 255 g/mol. The topological polar surface area (TPSA) is 26.3 Å². The van der Waals surface area contributed by atoms with Crippen LogP contribution < -0.4 is 4.74 Å². The summed E-state index contributed by atoms with van der Waals surface area (Å²) in [5.41, 5.74) is 1.52. The monoisotopic (exact) mass is 272 g/mol. The Kier molecular flexibility index (Phi) is 4.88. The number of methoxy groups -OCH3 is 1. The fourth-order valence-electron chi connectivity index (χ4n) is 2.13. The number of benzene rings is 2. The van der Waals surface area contributed by atoms with E-state index in [0.29, 0.717) is 17.7 Å². The summed E-state index contributed by atoms with van der Waals surface area (Å²) in [4.78, 5) is 12.1. The molecule has 0 aliphatic carbocycles. The Balaban J connectivity index is 1.97. The van der Waals surface area contributed by atoms with Gasteiger partial charge in [0.2, 0.25) is 0 Å². The van der Waals surface area contributed by atoms with E-state index in [-0.39, 0.29) is 5.78 Å². The quantitative estimate of drug-likeness (QED) is 0.742. The van der Waals surface area contributed by atoms with Crippen molar-refractivity contribution >= 4 is 5.78 Å². The summed E-state index contributed by atoms with van der Waals surface area (Å²) in [6.45, 7) is 0. The molecule has 0 radical (unpaired) electrons. The Morgan fingerprint density at radius 1 is 1.15 bits per heavy atom. The minimum atomic E-state index is -0.419. The maximum atomic E-state index is 13.2. The average Bonchev–Trinajstić information content (AvgIpc) is 2.48. The highest BCUT2D eigenvalue weighted by molar-refractivity contribution is 5.98. The largest absolute Gasteiger partial charge is 0.496 e. The third kappa shape index (κ3) is 3.67. The molecule has 0 fully saturated rings. The van der Waals surface area contributed by atoms with Crippen LogP contribution >= 0.6 is 0 Å². The molecule has 104 valence electrons. The first-order chi connectivity index (χ1) is 9.70. The molecule has 0 N–H and O–H groups in total. The highest BCUT2D eigenvalue weighted by Gasteiger charge is 2.13. The van der Waals surface area contributed by atoms with E-state index in [0.717, 1.165) is 12.8 Å². The van der Waals surface area contributed by atoms with E-state index in [2.05, 4.69) is 0 Å². The smallest absolute Gasteiger partial charge is 0.166 e. The summed E-state index contributed by atoms with van der Waals surface area (Å²) in [6.07, 6.45) is 1.96. The highest BCUT2D eigenvalue weighted by Crippen LogP contribution is 2.21. The number of hydrogen-bond donors (Lipinski definition) is 0. The van der Waals surface area contributed by atoms with Crippen LogP contribution in [0.3, 0.4) is 0 Å². The van der Waals surface area contributed by atoms with Crippen LogP contribution in [0.2, 0.25) is 0 Å². The maximum absolute atomic E-state index is 13.2. The number of hydrogen-bond acceptors (Lipinski definition) is 2. The van der Waals surface area contributed by atoms with E-state index in [1.54, 1.807) is 0 Å². The van der Waals surface area contributed by atoms with Gasteiger partial charge in [-0.15, -0.1) is 0 Å². The van der Waals surface area contributed by atoms with Gasteiger partial charge in [0.05, 0.1) is 12.7 Å². The normalized spacial score (nSPS) is 10.3. The van der Waals surface area contributed by atoms with Crippen LogP contribution in [0, 0.1) is 5.82 Å². The Hall–Kier alpha value is -2.16. The third-order valence-corrected chi connectivity index (χ3v) is 3.17. The van der Waals surface area contributed by atoms with Crippen LogP contribution in [0.25, 0.3) is 0 Å². The minimum absolute atomic E-state index is 0.0859. The summed E-state index contributed by atoms with van der Waals surface area (Å²) in [7, 11) is 1.48. The number of rotatable bonds is 6. The summed E-state index contributed by atoms with van der Waals surface area (Å²) in [6, 6.07) is 14.0. The maximum Gasteiger partial charge on any atom is 0.166 e. The van der Waals surface area contributed by atoms with Crippen LogP contribution in [0.4, 0.5) is 4.39 Å². The third-order valence-electron chi connectivity index (χ3n) is 3.17. The average molecular weight is 272 g/mol. The SMILES string of the molecule is COc1ccc(F)cc1C(=O)CCCc1ccccc1. The molecule has 0 aromatic heterocycles. The number of carbonyl (C=O) groups excluding carboxylic acids is 1. The molecule has 0 aliphatic rings. The van der Waals surface area contributed by atoms with E-state index in [1.807, 2.05) is 30.3 Å². The van der Waals surface area contributed by atoms with E-state index in [1.165, 1.54) is 30.9 Å². The first-order valence-corrected chi connectivity index (χ1v) is 6.61. The summed E-state index contributed by atoms with van der Waals surface area (Å²) in [5.74, 6) is -0.0781. The predicted molar refractivity (Wildman–Crippen MR) is 76.7 cm³/mol. The first kappa shape index (κ1) is 14.3. The lowest BCUT2D eigenvalue weighted by molar-refractivity contribution is 0.0977. The zero-order chi connectivity index (χ0) is 14.4. The standard InChI is InChI=1S/C17H17FO2/c1-20-17-11-10-14(18)12-15(17)16(19)9-5-8-13-6-3-2-4-7-13/h2-4,6-7,10-12H,5,8-9H2,1H3. The molecule has 2 aromatic rings. The zero-order valence-electron chi connectivity index (χ0n) is 11.4. The molecule has 2 rings (SSSR count). The minimum Gasteiger partial charge on any atom is -0.496 e. The van der Waals surface area contributed by atoms with Crippen molar-refractivity contribution in [3.8, 4) is 5.75 Å². The Bertz CT molecular complexity index is 579. The van der Waals surface area contributed by atoms with Crippen molar-refractivity contribution in [3.05, 3.63) is 65.5 Å². The van der Waals surface area contributed by atoms with Crippen molar-refractivity contribution in [1.29, 1.82) is 0 Å². The van der Waals surface area contributed by atoms with Crippen molar-refractivity contribution in [3.63, 3.8) is 0 Å². The number of carbonyl (C=O) groups is 1. The summed E-state index contributed by atoms with van der Waals surface area (Å²) >= 11 is 0. The molecule has 0 amide bonds. The molecule has 0 saturated heterocycles. The number of halogens is 1. The second-order valence-corrected chi connectivity index (χ2v) is 4.61. The highest BCUT2D eigenvalue weighted by atomic mass is 19.1. The van der Waals surface area contributed by atoms with Gasteiger partial charge in [-0.05, 0) is 36.6 Å². The lowest BCUT2D eigenvalue weighted by Crippen LogP contribution is -2.03. The fraction of sp³-hybridized carbons (Fsp3) is 0.235. The predicted octanol–water partition coefficient (Wildman–Crippen LogP) is 4.04. The van der Waals surface area contributed by atoms with E-state index in [4.69, 9.17) is 4.74 Å². The van der Waals surface area contributed by atoms with Crippen LogP contribution in [0.15, 0.2) is 48.5 Å². The molecule has 0 spiro atoms. The Morgan fingerprint density at radius 2 is 1.90 bits per heavy atom. The van der Waals surface area contributed by atoms with E-state index in [9.17, 15) is 9.18 Å². The van der Waals surface area contributed by atoms with Crippen LogP contribution in [-0.2, 0) is 6.42 Å². The molecule has 3 heteroatoms. The molecular formula is C17H17FO2. The fourth-order valence-corrected chi connectivity index (χ4v) is 2.13. The van der Waals surface area contributed by atoms with E-state index >= 15 is 0 Å². The number of ether oxygens (including phenoxy) is 1. The molecule has 0 aliphatic heterocycles. The molecule has 0 heterocycles. The van der Waals surface area contributed by atoms with Gasteiger partial charge in [0.1, 0.15) is 11.6 Å². The number of Topliss-reactive ketones (excluding diaryl/α,β-unsaturated/α-hetero) is 1. The number of ketones is 1. The Morgan fingerprint density at radius 3 is 2.60 bits per heavy atom.